The standard InChI is InChI=1S/C5H10BrClO2/c6-3-5(9)4(7)1-2-8/h4-5,8-9H,1-3H2. The minimum atomic E-state index is -0.557. The van der Waals surface area contributed by atoms with Crippen LogP contribution in [0.3, 0.4) is 0 Å². The summed E-state index contributed by atoms with van der Waals surface area (Å²) in [4.78, 5) is 0. The van der Waals surface area contributed by atoms with Gasteiger partial charge in [-0.05, 0) is 6.42 Å². The molecule has 4 heteroatoms. The highest BCUT2D eigenvalue weighted by atomic mass is 79.9. The van der Waals surface area contributed by atoms with Gasteiger partial charge in [-0.15, -0.1) is 11.6 Å². The van der Waals surface area contributed by atoms with Gasteiger partial charge in [-0.1, -0.05) is 15.9 Å². The predicted octanol–water partition coefficient (Wildman–Crippen LogP) is 0.732. The summed E-state index contributed by atoms with van der Waals surface area (Å²) >= 11 is 8.66. The molecule has 2 atom stereocenters. The molecular weight excluding hydrogens is 207 g/mol. The Balaban J connectivity index is 3.32. The van der Waals surface area contributed by atoms with Gasteiger partial charge in [0.15, 0.2) is 0 Å². The third-order valence-corrected chi connectivity index (χ3v) is 2.15. The van der Waals surface area contributed by atoms with E-state index in [9.17, 15) is 0 Å². The molecule has 0 aliphatic heterocycles. The number of hydrogen-bond donors (Lipinski definition) is 2. The molecule has 2 unspecified atom stereocenters. The summed E-state index contributed by atoms with van der Waals surface area (Å²) in [5.41, 5.74) is 0. The molecule has 0 heterocycles. The zero-order valence-electron chi connectivity index (χ0n) is 4.93. The summed E-state index contributed by atoms with van der Waals surface area (Å²) in [5.74, 6) is 0. The van der Waals surface area contributed by atoms with Crippen LogP contribution in [0.4, 0.5) is 0 Å². The lowest BCUT2D eigenvalue weighted by atomic mass is 10.2. The fourth-order valence-electron chi connectivity index (χ4n) is 0.412. The first-order chi connectivity index (χ1) is 4.22. The van der Waals surface area contributed by atoms with Gasteiger partial charge in [0.2, 0.25) is 0 Å². The third kappa shape index (κ3) is 4.14. The molecule has 2 N–H and O–H groups in total. The second-order valence-electron chi connectivity index (χ2n) is 1.75. The Bertz CT molecular complexity index is 72.0. The molecule has 0 rings (SSSR count). The number of aliphatic hydroxyl groups is 2. The first kappa shape index (κ1) is 9.69. The van der Waals surface area contributed by atoms with E-state index in [4.69, 9.17) is 21.8 Å². The first-order valence-electron chi connectivity index (χ1n) is 2.71. The highest BCUT2D eigenvalue weighted by Crippen LogP contribution is 2.08. The minimum Gasteiger partial charge on any atom is -0.396 e. The zero-order chi connectivity index (χ0) is 7.28. The van der Waals surface area contributed by atoms with Crippen molar-refractivity contribution < 1.29 is 10.2 Å². The summed E-state index contributed by atoms with van der Waals surface area (Å²) in [6.45, 7) is 0.0260. The summed E-state index contributed by atoms with van der Waals surface area (Å²) in [7, 11) is 0. The highest BCUT2D eigenvalue weighted by molar-refractivity contribution is 9.09. The monoisotopic (exact) mass is 216 g/mol. The van der Waals surface area contributed by atoms with Gasteiger partial charge in [0.1, 0.15) is 0 Å². The van der Waals surface area contributed by atoms with Crippen LogP contribution < -0.4 is 0 Å². The molecule has 0 aromatic rings. The van der Waals surface area contributed by atoms with Crippen LogP contribution in [0.1, 0.15) is 6.42 Å². The SMILES string of the molecule is OCCC(Cl)C(O)CBr. The van der Waals surface area contributed by atoms with Gasteiger partial charge < -0.3 is 10.2 Å². The lowest BCUT2D eigenvalue weighted by Gasteiger charge is -2.11. The maximum absolute atomic E-state index is 8.97. The van der Waals surface area contributed by atoms with Crippen molar-refractivity contribution in [2.75, 3.05) is 11.9 Å². The fraction of sp³-hybridized carbons (Fsp3) is 1.00. The van der Waals surface area contributed by atoms with E-state index in [1.54, 1.807) is 0 Å². The van der Waals surface area contributed by atoms with Crippen LogP contribution in [0.2, 0.25) is 0 Å². The van der Waals surface area contributed by atoms with E-state index in [2.05, 4.69) is 15.9 Å². The number of rotatable bonds is 4. The maximum atomic E-state index is 8.97. The molecule has 0 spiro atoms. The fourth-order valence-corrected chi connectivity index (χ4v) is 1.27. The second-order valence-corrected chi connectivity index (χ2v) is 2.96. The highest BCUT2D eigenvalue weighted by Gasteiger charge is 2.13. The molecule has 0 saturated heterocycles. The lowest BCUT2D eigenvalue weighted by molar-refractivity contribution is 0.176. The second kappa shape index (κ2) is 5.47. The zero-order valence-corrected chi connectivity index (χ0v) is 7.27. The molecule has 56 valence electrons. The van der Waals surface area contributed by atoms with Crippen molar-refractivity contribution in [3.8, 4) is 0 Å². The molecule has 0 bridgehead atoms. The number of aliphatic hydroxyl groups excluding tert-OH is 2. The molecule has 0 saturated carbocycles. The van der Waals surface area contributed by atoms with Crippen molar-refractivity contribution in [3.05, 3.63) is 0 Å². The Labute approximate surface area is 68.0 Å². The third-order valence-electron chi connectivity index (χ3n) is 0.980. The summed E-state index contributed by atoms with van der Waals surface area (Å²) in [6, 6.07) is 0. The average Bonchev–Trinajstić information content (AvgIpc) is 1.87. The normalized spacial score (nSPS) is 17.3. The van der Waals surface area contributed by atoms with E-state index < -0.39 is 6.10 Å². The Hall–Kier alpha value is 0.690. The van der Waals surface area contributed by atoms with Gasteiger partial charge in [0.05, 0.1) is 11.5 Å². The van der Waals surface area contributed by atoms with Crippen molar-refractivity contribution in [2.24, 2.45) is 0 Å². The van der Waals surface area contributed by atoms with Crippen LogP contribution in [0.15, 0.2) is 0 Å². The van der Waals surface area contributed by atoms with E-state index in [1.165, 1.54) is 0 Å². The van der Waals surface area contributed by atoms with Gasteiger partial charge in [0.25, 0.3) is 0 Å². The van der Waals surface area contributed by atoms with E-state index >= 15 is 0 Å². The van der Waals surface area contributed by atoms with Gasteiger partial charge in [-0.3, -0.25) is 0 Å². The summed E-state index contributed by atoms with van der Waals surface area (Å²) < 4.78 is 0. The number of alkyl halides is 2. The van der Waals surface area contributed by atoms with E-state index in [0.29, 0.717) is 11.8 Å². The molecule has 0 aliphatic rings. The molecule has 2 nitrogen and oxygen atoms in total. The van der Waals surface area contributed by atoms with Crippen LogP contribution >= 0.6 is 27.5 Å². The van der Waals surface area contributed by atoms with Gasteiger partial charge in [-0.2, -0.15) is 0 Å². The smallest absolute Gasteiger partial charge is 0.0801 e. The first-order valence-corrected chi connectivity index (χ1v) is 4.27. The van der Waals surface area contributed by atoms with E-state index in [0.717, 1.165) is 0 Å². The van der Waals surface area contributed by atoms with Crippen LogP contribution in [0.25, 0.3) is 0 Å². The average molecular weight is 217 g/mol. The van der Waals surface area contributed by atoms with E-state index in [-0.39, 0.29) is 12.0 Å². The van der Waals surface area contributed by atoms with Gasteiger partial charge in [-0.25, -0.2) is 0 Å². The quantitative estimate of drug-likeness (QED) is 0.682. The van der Waals surface area contributed by atoms with Crippen LogP contribution in [-0.2, 0) is 0 Å². The van der Waals surface area contributed by atoms with Crippen molar-refractivity contribution in [1.82, 2.24) is 0 Å². The molecular formula is C5H10BrClO2. The molecule has 0 aliphatic carbocycles. The van der Waals surface area contributed by atoms with Crippen LogP contribution in [0, 0.1) is 0 Å². The minimum absolute atomic E-state index is 0.0260. The lowest BCUT2D eigenvalue weighted by Crippen LogP contribution is -2.23. The van der Waals surface area contributed by atoms with Gasteiger partial charge in [0, 0.05) is 11.9 Å². The van der Waals surface area contributed by atoms with Crippen molar-refractivity contribution in [2.45, 2.75) is 17.9 Å². The predicted molar refractivity (Wildman–Crippen MR) is 41.1 cm³/mol. The van der Waals surface area contributed by atoms with Crippen LogP contribution in [-0.4, -0.2) is 33.6 Å². The topological polar surface area (TPSA) is 40.5 Å². The molecule has 0 aromatic heterocycles. The summed E-state index contributed by atoms with van der Waals surface area (Å²) in [5, 5.41) is 17.5. The maximum Gasteiger partial charge on any atom is 0.0801 e. The summed E-state index contributed by atoms with van der Waals surface area (Å²) in [6.07, 6.45) is -0.118. The van der Waals surface area contributed by atoms with Crippen LogP contribution in [0.5, 0.6) is 0 Å². The molecule has 0 radical (unpaired) electrons. The largest absolute Gasteiger partial charge is 0.396 e. The Morgan fingerprint density at radius 3 is 2.44 bits per heavy atom. The molecule has 0 amide bonds. The van der Waals surface area contributed by atoms with Crippen molar-refractivity contribution >= 4 is 27.5 Å². The number of halogens is 2. The van der Waals surface area contributed by atoms with Gasteiger partial charge >= 0.3 is 0 Å². The molecule has 0 fully saturated rings. The molecule has 9 heavy (non-hydrogen) atoms. The van der Waals surface area contributed by atoms with Crippen molar-refractivity contribution in [1.29, 1.82) is 0 Å². The number of hydrogen-bond acceptors (Lipinski definition) is 2. The molecule has 0 aromatic carbocycles. The van der Waals surface area contributed by atoms with E-state index in [1.807, 2.05) is 0 Å². The van der Waals surface area contributed by atoms with Crippen molar-refractivity contribution in [3.63, 3.8) is 0 Å². The Morgan fingerprint density at radius 2 is 2.11 bits per heavy atom. The Kier molecular flexibility index (Phi) is 5.89. The Morgan fingerprint density at radius 1 is 1.56 bits per heavy atom.